The lowest BCUT2D eigenvalue weighted by atomic mass is 9.84. The van der Waals surface area contributed by atoms with E-state index in [1.165, 1.54) is 19.3 Å². The van der Waals surface area contributed by atoms with E-state index >= 15 is 0 Å². The molecule has 2 rings (SSSR count). The summed E-state index contributed by atoms with van der Waals surface area (Å²) in [5.74, 6) is 0. The van der Waals surface area contributed by atoms with Gasteiger partial charge in [-0.25, -0.2) is 0 Å². The van der Waals surface area contributed by atoms with Crippen molar-refractivity contribution in [1.82, 2.24) is 5.32 Å². The average Bonchev–Trinajstić information content (AvgIpc) is 3.07. The van der Waals surface area contributed by atoms with Crippen molar-refractivity contribution >= 4 is 0 Å². The van der Waals surface area contributed by atoms with Crippen LogP contribution in [-0.2, 0) is 14.2 Å². The molecule has 4 heteroatoms. The molecule has 17 heavy (non-hydrogen) atoms. The molecule has 0 aromatic rings. The van der Waals surface area contributed by atoms with Crippen molar-refractivity contribution in [2.24, 2.45) is 5.41 Å². The second-order valence-corrected chi connectivity index (χ2v) is 5.31. The fraction of sp³-hybridized carbons (Fsp3) is 1.00. The molecule has 1 aliphatic heterocycles. The zero-order valence-corrected chi connectivity index (χ0v) is 10.9. The van der Waals surface area contributed by atoms with Crippen molar-refractivity contribution in [1.29, 1.82) is 0 Å². The van der Waals surface area contributed by atoms with Crippen molar-refractivity contribution in [2.75, 3.05) is 46.7 Å². The maximum absolute atomic E-state index is 5.58. The third kappa shape index (κ3) is 4.54. The van der Waals surface area contributed by atoms with Crippen LogP contribution in [0.3, 0.4) is 0 Å². The lowest BCUT2D eigenvalue weighted by Crippen LogP contribution is -2.37. The number of ether oxygens (including phenoxy) is 3. The van der Waals surface area contributed by atoms with E-state index in [4.69, 9.17) is 14.2 Å². The Hall–Kier alpha value is -0.160. The van der Waals surface area contributed by atoms with Crippen LogP contribution in [0.25, 0.3) is 0 Å². The number of hydrogen-bond donors (Lipinski definition) is 1. The van der Waals surface area contributed by atoms with Gasteiger partial charge in [0.2, 0.25) is 0 Å². The van der Waals surface area contributed by atoms with Crippen LogP contribution in [0, 0.1) is 5.41 Å². The fourth-order valence-corrected chi connectivity index (χ4v) is 2.26. The minimum atomic E-state index is 0.315. The highest BCUT2D eigenvalue weighted by atomic mass is 16.5. The third-order valence-corrected chi connectivity index (χ3v) is 3.74. The summed E-state index contributed by atoms with van der Waals surface area (Å²) in [6, 6.07) is 0.780. The standard InChI is InChI=1S/C13H25NO3/c1-15-8-9-16-6-4-13(5-7-17-11-13)10-14-12-2-3-12/h12,14H,2-11H2,1H3. The Labute approximate surface area is 104 Å². The molecule has 1 N–H and O–H groups in total. The molecule has 1 saturated heterocycles. The van der Waals surface area contributed by atoms with Gasteiger partial charge < -0.3 is 19.5 Å². The molecule has 100 valence electrons. The van der Waals surface area contributed by atoms with E-state index < -0.39 is 0 Å². The lowest BCUT2D eigenvalue weighted by molar-refractivity contribution is 0.0466. The van der Waals surface area contributed by atoms with Gasteiger partial charge in [0.05, 0.1) is 19.8 Å². The Balaban J connectivity index is 1.63. The van der Waals surface area contributed by atoms with E-state index in [0.29, 0.717) is 18.6 Å². The second kappa shape index (κ2) is 6.69. The monoisotopic (exact) mass is 243 g/mol. The number of rotatable bonds is 9. The molecular formula is C13H25NO3. The molecule has 1 aliphatic carbocycles. The first kappa shape index (κ1) is 13.3. The molecule has 0 radical (unpaired) electrons. The molecule has 0 aromatic carbocycles. The molecule has 1 saturated carbocycles. The van der Waals surface area contributed by atoms with Gasteiger partial charge in [-0.15, -0.1) is 0 Å². The molecule has 1 heterocycles. The molecular weight excluding hydrogens is 218 g/mol. The quantitative estimate of drug-likeness (QED) is 0.618. The van der Waals surface area contributed by atoms with Crippen LogP contribution in [0.4, 0.5) is 0 Å². The Bertz CT molecular complexity index is 213. The van der Waals surface area contributed by atoms with Crippen LogP contribution >= 0.6 is 0 Å². The van der Waals surface area contributed by atoms with Crippen LogP contribution in [0.15, 0.2) is 0 Å². The predicted molar refractivity (Wildman–Crippen MR) is 66.2 cm³/mol. The average molecular weight is 243 g/mol. The van der Waals surface area contributed by atoms with Gasteiger partial charge in [-0.05, 0) is 25.7 Å². The van der Waals surface area contributed by atoms with Gasteiger partial charge in [0.1, 0.15) is 0 Å². The predicted octanol–water partition coefficient (Wildman–Crippen LogP) is 1.20. The van der Waals surface area contributed by atoms with Crippen molar-refractivity contribution in [2.45, 2.75) is 31.7 Å². The zero-order chi connectivity index (χ0) is 12.0. The molecule has 0 bridgehead atoms. The largest absolute Gasteiger partial charge is 0.382 e. The van der Waals surface area contributed by atoms with Crippen LogP contribution in [0.2, 0.25) is 0 Å². The van der Waals surface area contributed by atoms with Gasteiger partial charge in [-0.2, -0.15) is 0 Å². The molecule has 0 aromatic heterocycles. The number of hydrogen-bond acceptors (Lipinski definition) is 4. The normalized spacial score (nSPS) is 28.8. The van der Waals surface area contributed by atoms with Crippen molar-refractivity contribution in [3.63, 3.8) is 0 Å². The van der Waals surface area contributed by atoms with Crippen LogP contribution < -0.4 is 5.32 Å². The molecule has 2 fully saturated rings. The maximum Gasteiger partial charge on any atom is 0.0700 e. The maximum atomic E-state index is 5.58. The molecule has 0 amide bonds. The van der Waals surface area contributed by atoms with Gasteiger partial charge >= 0.3 is 0 Å². The van der Waals surface area contributed by atoms with E-state index in [2.05, 4.69) is 5.32 Å². The Morgan fingerprint density at radius 2 is 2.18 bits per heavy atom. The first-order chi connectivity index (χ1) is 8.35. The van der Waals surface area contributed by atoms with E-state index in [9.17, 15) is 0 Å². The molecule has 1 unspecified atom stereocenters. The Morgan fingerprint density at radius 3 is 2.82 bits per heavy atom. The highest BCUT2D eigenvalue weighted by Crippen LogP contribution is 2.33. The zero-order valence-electron chi connectivity index (χ0n) is 10.9. The minimum Gasteiger partial charge on any atom is -0.382 e. The summed E-state index contributed by atoms with van der Waals surface area (Å²) in [4.78, 5) is 0. The van der Waals surface area contributed by atoms with Gasteiger partial charge in [0.15, 0.2) is 0 Å². The molecule has 4 nitrogen and oxygen atoms in total. The highest BCUT2D eigenvalue weighted by Gasteiger charge is 2.36. The van der Waals surface area contributed by atoms with Crippen LogP contribution in [-0.4, -0.2) is 52.7 Å². The summed E-state index contributed by atoms with van der Waals surface area (Å²) in [5.41, 5.74) is 0.315. The number of methoxy groups -OCH3 is 1. The summed E-state index contributed by atoms with van der Waals surface area (Å²) in [6.45, 7) is 5.09. The van der Waals surface area contributed by atoms with Gasteiger partial charge in [-0.1, -0.05) is 0 Å². The minimum absolute atomic E-state index is 0.315. The second-order valence-electron chi connectivity index (χ2n) is 5.31. The highest BCUT2D eigenvalue weighted by molar-refractivity contribution is 4.89. The smallest absolute Gasteiger partial charge is 0.0700 e. The fourth-order valence-electron chi connectivity index (χ4n) is 2.26. The van der Waals surface area contributed by atoms with Gasteiger partial charge in [-0.3, -0.25) is 0 Å². The number of nitrogens with one attached hydrogen (secondary N) is 1. The summed E-state index contributed by atoms with van der Waals surface area (Å²) in [5, 5.41) is 3.63. The topological polar surface area (TPSA) is 39.7 Å². The Morgan fingerprint density at radius 1 is 1.29 bits per heavy atom. The third-order valence-electron chi connectivity index (χ3n) is 3.74. The molecule has 1 atom stereocenters. The summed E-state index contributed by atoms with van der Waals surface area (Å²) < 4.78 is 16.1. The van der Waals surface area contributed by atoms with Crippen LogP contribution in [0.1, 0.15) is 25.7 Å². The van der Waals surface area contributed by atoms with E-state index in [1.54, 1.807) is 7.11 Å². The summed E-state index contributed by atoms with van der Waals surface area (Å²) in [7, 11) is 1.70. The van der Waals surface area contributed by atoms with Crippen molar-refractivity contribution in [3.05, 3.63) is 0 Å². The van der Waals surface area contributed by atoms with Crippen molar-refractivity contribution in [3.8, 4) is 0 Å². The summed E-state index contributed by atoms with van der Waals surface area (Å²) >= 11 is 0. The van der Waals surface area contributed by atoms with E-state index in [0.717, 1.165) is 38.8 Å². The molecule has 0 spiro atoms. The molecule has 2 aliphatic rings. The first-order valence-electron chi connectivity index (χ1n) is 6.72. The summed E-state index contributed by atoms with van der Waals surface area (Å²) in [6.07, 6.45) is 4.96. The lowest BCUT2D eigenvalue weighted by Gasteiger charge is -2.27. The van der Waals surface area contributed by atoms with Crippen molar-refractivity contribution < 1.29 is 14.2 Å². The SMILES string of the molecule is COCCOCCC1(CNC2CC2)CCOC1. The first-order valence-corrected chi connectivity index (χ1v) is 6.72. The Kier molecular flexibility index (Phi) is 5.22. The van der Waals surface area contributed by atoms with Gasteiger partial charge in [0.25, 0.3) is 0 Å². The van der Waals surface area contributed by atoms with Crippen LogP contribution in [0.5, 0.6) is 0 Å². The van der Waals surface area contributed by atoms with Gasteiger partial charge in [0, 0.05) is 38.3 Å². The van der Waals surface area contributed by atoms with E-state index in [1.807, 2.05) is 0 Å². The van der Waals surface area contributed by atoms with E-state index in [-0.39, 0.29) is 0 Å².